The summed E-state index contributed by atoms with van der Waals surface area (Å²) < 4.78 is 3.70. The highest BCUT2D eigenvalue weighted by Gasteiger charge is 2.01. The molecule has 0 amide bonds. The molecular weight excluding hydrogens is 357 g/mol. The lowest BCUT2D eigenvalue weighted by atomic mass is 10.2. The fourth-order valence-corrected chi connectivity index (χ4v) is 1.96. The van der Waals surface area contributed by atoms with E-state index in [4.69, 9.17) is 0 Å². The van der Waals surface area contributed by atoms with Gasteiger partial charge in [-0.2, -0.15) is 0 Å². The molecule has 0 N–H and O–H groups in total. The average Bonchev–Trinajstić information content (AvgIpc) is 2.56. The minimum Gasteiger partial charge on any atom is -0.247 e. The van der Waals surface area contributed by atoms with Crippen LogP contribution in [-0.4, -0.2) is 14.8 Å². The van der Waals surface area contributed by atoms with Crippen LogP contribution < -0.4 is 0 Å². The predicted molar refractivity (Wildman–Crippen MR) is 66.0 cm³/mol. The lowest BCUT2D eigenvalue weighted by molar-refractivity contribution is 0.678. The van der Waals surface area contributed by atoms with Crippen LogP contribution in [0.1, 0.15) is 5.56 Å². The largest absolute Gasteiger partial charge is 0.247 e. The Kier molecular flexibility index (Phi) is 3.17. The van der Waals surface area contributed by atoms with Gasteiger partial charge >= 0.3 is 0 Å². The molecule has 0 aliphatic rings. The minimum absolute atomic E-state index is 0.747. The first-order chi connectivity index (χ1) is 6.75. The van der Waals surface area contributed by atoms with E-state index in [9.17, 15) is 0 Å². The van der Waals surface area contributed by atoms with Crippen LogP contribution in [0.3, 0.4) is 0 Å². The summed E-state index contributed by atoms with van der Waals surface area (Å²) in [5, 5.41) is 4.22. The van der Waals surface area contributed by atoms with Crippen molar-refractivity contribution in [1.82, 2.24) is 14.8 Å². The molecule has 2 aromatic rings. The summed E-state index contributed by atoms with van der Waals surface area (Å²) in [6, 6.07) is 8.11. The first-order valence-corrected chi connectivity index (χ1v) is 5.91. The van der Waals surface area contributed by atoms with Crippen molar-refractivity contribution in [2.45, 2.75) is 6.54 Å². The van der Waals surface area contributed by atoms with E-state index in [1.807, 2.05) is 22.9 Å². The van der Waals surface area contributed by atoms with Gasteiger partial charge in [-0.3, -0.25) is 0 Å². The highest BCUT2D eigenvalue weighted by atomic mass is 127. The number of hydrogen-bond donors (Lipinski definition) is 0. The molecule has 1 aromatic carbocycles. The molecule has 0 unspecified atom stereocenters. The number of nitrogens with zero attached hydrogens (tertiary/aromatic N) is 3. The van der Waals surface area contributed by atoms with E-state index >= 15 is 0 Å². The molecule has 5 heteroatoms. The Morgan fingerprint density at radius 2 is 2.14 bits per heavy atom. The zero-order chi connectivity index (χ0) is 9.97. The quantitative estimate of drug-likeness (QED) is 0.768. The molecule has 0 aliphatic heterocycles. The van der Waals surface area contributed by atoms with Crippen molar-refractivity contribution in [3.8, 4) is 0 Å². The first kappa shape index (κ1) is 10.1. The molecule has 0 saturated heterocycles. The molecule has 0 saturated carbocycles. The van der Waals surface area contributed by atoms with Gasteiger partial charge in [-0.05, 0) is 11.6 Å². The Morgan fingerprint density at radius 1 is 1.36 bits per heavy atom. The molecule has 0 aliphatic carbocycles. The van der Waals surface area contributed by atoms with Gasteiger partial charge in [0.05, 0.1) is 6.54 Å². The Balaban J connectivity index is 2.23. The fraction of sp³-hybridized carbons (Fsp3) is 0.111. The number of rotatable bonds is 2. The Bertz CT molecular complexity index is 441. The van der Waals surface area contributed by atoms with Crippen molar-refractivity contribution in [3.63, 3.8) is 0 Å². The summed E-state index contributed by atoms with van der Waals surface area (Å²) in [6.45, 7) is 0.747. The second kappa shape index (κ2) is 4.39. The van der Waals surface area contributed by atoms with E-state index in [-0.39, 0.29) is 0 Å². The molecule has 72 valence electrons. The molecule has 0 radical (unpaired) electrons. The van der Waals surface area contributed by atoms with Gasteiger partial charge in [-0.1, -0.05) is 34.1 Å². The molecule has 0 spiro atoms. The van der Waals surface area contributed by atoms with Crippen molar-refractivity contribution >= 4 is 38.5 Å². The topological polar surface area (TPSA) is 30.7 Å². The smallest absolute Gasteiger partial charge is 0.211 e. The summed E-state index contributed by atoms with van der Waals surface area (Å²) in [6.07, 6.45) is 1.74. The zero-order valence-corrected chi connectivity index (χ0v) is 10.9. The normalized spacial score (nSPS) is 10.4. The Labute approximate surface area is 104 Å². The van der Waals surface area contributed by atoms with E-state index in [0.717, 1.165) is 14.8 Å². The second-order valence-corrected chi connectivity index (χ2v) is 4.62. The maximum absolute atomic E-state index is 4.22. The van der Waals surface area contributed by atoms with Gasteiger partial charge in [0.15, 0.2) is 0 Å². The van der Waals surface area contributed by atoms with Gasteiger partial charge in [0, 0.05) is 27.1 Å². The molecule has 0 bridgehead atoms. The lowest BCUT2D eigenvalue weighted by Gasteiger charge is -2.02. The monoisotopic (exact) mass is 363 g/mol. The first-order valence-electron chi connectivity index (χ1n) is 4.04. The maximum Gasteiger partial charge on any atom is 0.211 e. The third kappa shape index (κ3) is 2.33. The van der Waals surface area contributed by atoms with Crippen molar-refractivity contribution in [3.05, 3.63) is 44.5 Å². The number of benzene rings is 1. The highest BCUT2D eigenvalue weighted by Crippen LogP contribution is 2.16. The molecule has 0 fully saturated rings. The van der Waals surface area contributed by atoms with Crippen LogP contribution in [0.15, 0.2) is 35.1 Å². The standard InChI is InChI=1S/C9H7BrIN3/c10-8-4-2-1-3-7(8)5-14-6-12-9(11)13-14/h1-4,6H,5H2. The summed E-state index contributed by atoms with van der Waals surface area (Å²) >= 11 is 5.59. The van der Waals surface area contributed by atoms with E-state index < -0.39 is 0 Å². The van der Waals surface area contributed by atoms with Gasteiger partial charge in [0.2, 0.25) is 3.83 Å². The molecule has 2 rings (SSSR count). The van der Waals surface area contributed by atoms with Crippen molar-refractivity contribution in [1.29, 1.82) is 0 Å². The molecular formula is C9H7BrIN3. The van der Waals surface area contributed by atoms with Crippen molar-refractivity contribution < 1.29 is 0 Å². The van der Waals surface area contributed by atoms with Crippen LogP contribution in [0.4, 0.5) is 0 Å². The van der Waals surface area contributed by atoms with Crippen LogP contribution in [-0.2, 0) is 6.54 Å². The van der Waals surface area contributed by atoms with Gasteiger partial charge in [0.1, 0.15) is 6.33 Å². The minimum atomic E-state index is 0.747. The van der Waals surface area contributed by atoms with Gasteiger partial charge in [0.25, 0.3) is 0 Å². The van der Waals surface area contributed by atoms with Crippen LogP contribution in [0, 0.1) is 3.83 Å². The second-order valence-electron chi connectivity index (χ2n) is 2.80. The third-order valence-corrected chi connectivity index (χ3v) is 3.07. The van der Waals surface area contributed by atoms with Crippen molar-refractivity contribution in [2.75, 3.05) is 0 Å². The molecule has 0 atom stereocenters. The van der Waals surface area contributed by atoms with Crippen LogP contribution >= 0.6 is 38.5 Å². The van der Waals surface area contributed by atoms with Gasteiger partial charge in [-0.25, -0.2) is 9.67 Å². The Hall–Kier alpha value is -0.430. The van der Waals surface area contributed by atoms with Gasteiger partial charge < -0.3 is 0 Å². The Morgan fingerprint density at radius 3 is 2.79 bits per heavy atom. The molecule has 14 heavy (non-hydrogen) atoms. The summed E-state index contributed by atoms with van der Waals surface area (Å²) in [5.74, 6) is 0. The van der Waals surface area contributed by atoms with E-state index in [1.165, 1.54) is 5.56 Å². The van der Waals surface area contributed by atoms with Crippen LogP contribution in [0.2, 0.25) is 0 Å². The van der Waals surface area contributed by atoms with E-state index in [0.29, 0.717) is 0 Å². The summed E-state index contributed by atoms with van der Waals surface area (Å²) in [7, 11) is 0. The number of aromatic nitrogens is 3. The zero-order valence-electron chi connectivity index (χ0n) is 7.19. The van der Waals surface area contributed by atoms with Gasteiger partial charge in [-0.15, -0.1) is 5.10 Å². The van der Waals surface area contributed by atoms with Crippen LogP contribution in [0.5, 0.6) is 0 Å². The SMILES string of the molecule is Brc1ccccc1Cn1cnc(I)n1. The number of halogens is 2. The molecule has 1 heterocycles. The highest BCUT2D eigenvalue weighted by molar-refractivity contribution is 14.1. The molecule has 3 nitrogen and oxygen atoms in total. The predicted octanol–water partition coefficient (Wildman–Crippen LogP) is 2.69. The van der Waals surface area contributed by atoms with E-state index in [2.05, 4.69) is 54.7 Å². The number of hydrogen-bond acceptors (Lipinski definition) is 2. The average molecular weight is 364 g/mol. The third-order valence-electron chi connectivity index (χ3n) is 1.80. The van der Waals surface area contributed by atoms with E-state index in [1.54, 1.807) is 6.33 Å². The maximum atomic E-state index is 4.22. The lowest BCUT2D eigenvalue weighted by Crippen LogP contribution is -2.00. The molecule has 1 aromatic heterocycles. The summed E-state index contributed by atoms with van der Waals surface area (Å²) in [4.78, 5) is 4.07. The van der Waals surface area contributed by atoms with Crippen molar-refractivity contribution in [2.24, 2.45) is 0 Å². The summed E-state index contributed by atoms with van der Waals surface area (Å²) in [5.41, 5.74) is 1.20. The fourth-order valence-electron chi connectivity index (χ4n) is 1.15. The van der Waals surface area contributed by atoms with Crippen LogP contribution in [0.25, 0.3) is 0 Å².